The molecular weight excluding hydrogens is 329 g/mol. The lowest BCUT2D eigenvalue weighted by Crippen LogP contribution is -2.13. The Balaban J connectivity index is 1.40. The molecule has 0 radical (unpaired) electrons. The van der Waals surface area contributed by atoms with Crippen LogP contribution in [0.1, 0.15) is 11.1 Å². The van der Waals surface area contributed by atoms with Crippen LogP contribution in [0.15, 0.2) is 78.9 Å². The summed E-state index contributed by atoms with van der Waals surface area (Å²) in [4.78, 5) is 0. The maximum Gasteiger partial charge on any atom is 0.123 e. The van der Waals surface area contributed by atoms with E-state index in [4.69, 9.17) is 9.47 Å². The molecule has 0 heterocycles. The van der Waals surface area contributed by atoms with Gasteiger partial charge in [-0.15, -0.1) is 0 Å². The summed E-state index contributed by atoms with van der Waals surface area (Å²) in [6, 6.07) is 24.2. The Labute approximate surface area is 153 Å². The second-order valence-corrected chi connectivity index (χ2v) is 5.89. The van der Waals surface area contributed by atoms with Crippen LogP contribution in [0.3, 0.4) is 0 Å². The van der Waals surface area contributed by atoms with Crippen LogP contribution in [0, 0.1) is 5.82 Å². The SMILES string of the molecule is Fc1ccc(CNCc2cccc(OCCOc3ccccc3)c2)cc1. The Morgan fingerprint density at radius 1 is 0.654 bits per heavy atom. The van der Waals surface area contributed by atoms with Gasteiger partial charge in [-0.2, -0.15) is 0 Å². The lowest BCUT2D eigenvalue weighted by molar-refractivity contribution is 0.217. The zero-order chi connectivity index (χ0) is 18.0. The first kappa shape index (κ1) is 18.0. The minimum Gasteiger partial charge on any atom is -0.490 e. The maximum absolute atomic E-state index is 12.9. The Morgan fingerprint density at radius 2 is 1.31 bits per heavy atom. The van der Waals surface area contributed by atoms with Crippen molar-refractivity contribution in [2.24, 2.45) is 0 Å². The van der Waals surface area contributed by atoms with E-state index in [2.05, 4.69) is 5.32 Å². The first-order valence-corrected chi connectivity index (χ1v) is 8.64. The minimum absolute atomic E-state index is 0.213. The molecule has 0 saturated carbocycles. The maximum atomic E-state index is 12.9. The molecule has 3 rings (SSSR count). The smallest absolute Gasteiger partial charge is 0.123 e. The van der Waals surface area contributed by atoms with E-state index in [9.17, 15) is 4.39 Å². The Kier molecular flexibility index (Phi) is 6.62. The highest BCUT2D eigenvalue weighted by atomic mass is 19.1. The van der Waals surface area contributed by atoms with Crippen molar-refractivity contribution in [1.82, 2.24) is 5.32 Å². The molecule has 3 nitrogen and oxygen atoms in total. The second-order valence-electron chi connectivity index (χ2n) is 5.89. The number of hydrogen-bond donors (Lipinski definition) is 1. The van der Waals surface area contributed by atoms with E-state index < -0.39 is 0 Å². The van der Waals surface area contributed by atoms with Gasteiger partial charge in [0.05, 0.1) is 0 Å². The van der Waals surface area contributed by atoms with Gasteiger partial charge < -0.3 is 14.8 Å². The lowest BCUT2D eigenvalue weighted by Gasteiger charge is -2.10. The fourth-order valence-corrected chi connectivity index (χ4v) is 2.53. The van der Waals surface area contributed by atoms with Gasteiger partial charge in [-0.25, -0.2) is 4.39 Å². The van der Waals surface area contributed by atoms with Crippen LogP contribution >= 0.6 is 0 Å². The van der Waals surface area contributed by atoms with Crippen LogP contribution in [-0.4, -0.2) is 13.2 Å². The highest BCUT2D eigenvalue weighted by Gasteiger charge is 1.99. The zero-order valence-electron chi connectivity index (χ0n) is 14.5. The van der Waals surface area contributed by atoms with Crippen LogP contribution in [0.4, 0.5) is 4.39 Å². The molecule has 26 heavy (non-hydrogen) atoms. The summed E-state index contributed by atoms with van der Waals surface area (Å²) in [7, 11) is 0. The average Bonchev–Trinajstić information content (AvgIpc) is 2.68. The van der Waals surface area contributed by atoms with E-state index in [0.717, 1.165) is 29.2 Å². The van der Waals surface area contributed by atoms with Crippen LogP contribution in [-0.2, 0) is 13.1 Å². The molecule has 0 aliphatic heterocycles. The Morgan fingerprint density at radius 3 is 2.08 bits per heavy atom. The van der Waals surface area contributed by atoms with Crippen molar-refractivity contribution in [3.05, 3.63) is 95.8 Å². The molecule has 0 bridgehead atoms. The molecule has 0 unspecified atom stereocenters. The van der Waals surface area contributed by atoms with Crippen LogP contribution in [0.25, 0.3) is 0 Å². The molecule has 0 saturated heterocycles. The monoisotopic (exact) mass is 351 g/mol. The summed E-state index contributed by atoms with van der Waals surface area (Å²) in [5.74, 6) is 1.45. The number of para-hydroxylation sites is 1. The quantitative estimate of drug-likeness (QED) is 0.573. The third-order valence-electron chi connectivity index (χ3n) is 3.83. The van der Waals surface area contributed by atoms with Crippen molar-refractivity contribution in [3.8, 4) is 11.5 Å². The van der Waals surface area contributed by atoms with E-state index in [1.807, 2.05) is 54.6 Å². The van der Waals surface area contributed by atoms with E-state index in [1.54, 1.807) is 12.1 Å². The van der Waals surface area contributed by atoms with Crippen molar-refractivity contribution < 1.29 is 13.9 Å². The van der Waals surface area contributed by atoms with Crippen LogP contribution < -0.4 is 14.8 Å². The van der Waals surface area contributed by atoms with Crippen LogP contribution in [0.5, 0.6) is 11.5 Å². The molecule has 0 fully saturated rings. The van der Waals surface area contributed by atoms with Crippen molar-refractivity contribution in [2.45, 2.75) is 13.1 Å². The summed E-state index contributed by atoms with van der Waals surface area (Å²) in [5.41, 5.74) is 2.19. The zero-order valence-corrected chi connectivity index (χ0v) is 14.5. The van der Waals surface area contributed by atoms with E-state index in [0.29, 0.717) is 19.8 Å². The number of benzene rings is 3. The molecule has 0 atom stereocenters. The summed E-state index contributed by atoms with van der Waals surface area (Å²) >= 11 is 0. The number of halogens is 1. The standard InChI is InChI=1S/C22H22FNO2/c23-20-11-9-18(10-12-20)16-24-17-19-5-4-8-22(15-19)26-14-13-25-21-6-2-1-3-7-21/h1-12,15,24H,13-14,16-17H2. The van der Waals surface area contributed by atoms with E-state index in [-0.39, 0.29) is 5.82 Å². The molecule has 3 aromatic carbocycles. The van der Waals surface area contributed by atoms with Gasteiger partial charge in [-0.05, 0) is 47.5 Å². The molecule has 0 aromatic heterocycles. The predicted molar refractivity (Wildman–Crippen MR) is 101 cm³/mol. The highest BCUT2D eigenvalue weighted by Crippen LogP contribution is 2.14. The molecule has 0 amide bonds. The normalized spacial score (nSPS) is 10.5. The predicted octanol–water partition coefficient (Wildman–Crippen LogP) is 4.57. The molecular formula is C22H22FNO2. The van der Waals surface area contributed by atoms with Crippen molar-refractivity contribution in [2.75, 3.05) is 13.2 Å². The lowest BCUT2D eigenvalue weighted by atomic mass is 10.2. The molecule has 0 aliphatic carbocycles. The number of ether oxygens (including phenoxy) is 2. The van der Waals surface area contributed by atoms with Crippen molar-refractivity contribution in [3.63, 3.8) is 0 Å². The number of nitrogens with one attached hydrogen (secondary N) is 1. The van der Waals surface area contributed by atoms with Gasteiger partial charge in [-0.1, -0.05) is 42.5 Å². The van der Waals surface area contributed by atoms with Gasteiger partial charge in [0.2, 0.25) is 0 Å². The average molecular weight is 351 g/mol. The second kappa shape index (κ2) is 9.59. The molecule has 0 aliphatic rings. The topological polar surface area (TPSA) is 30.5 Å². The van der Waals surface area contributed by atoms with Gasteiger partial charge in [0.15, 0.2) is 0 Å². The van der Waals surface area contributed by atoms with Gasteiger partial charge in [-0.3, -0.25) is 0 Å². The first-order chi connectivity index (χ1) is 12.8. The Hall–Kier alpha value is -2.85. The highest BCUT2D eigenvalue weighted by molar-refractivity contribution is 5.28. The van der Waals surface area contributed by atoms with E-state index >= 15 is 0 Å². The number of hydrogen-bond acceptors (Lipinski definition) is 3. The fraction of sp³-hybridized carbons (Fsp3) is 0.182. The summed E-state index contributed by atoms with van der Waals surface area (Å²) in [6.07, 6.45) is 0. The summed E-state index contributed by atoms with van der Waals surface area (Å²) in [5, 5.41) is 3.35. The minimum atomic E-state index is -0.213. The van der Waals surface area contributed by atoms with Crippen molar-refractivity contribution in [1.29, 1.82) is 0 Å². The molecule has 4 heteroatoms. The van der Waals surface area contributed by atoms with Crippen LogP contribution in [0.2, 0.25) is 0 Å². The van der Waals surface area contributed by atoms with Gasteiger partial charge >= 0.3 is 0 Å². The molecule has 1 N–H and O–H groups in total. The molecule has 134 valence electrons. The third kappa shape index (κ3) is 5.90. The summed E-state index contributed by atoms with van der Waals surface area (Å²) in [6.45, 7) is 2.39. The van der Waals surface area contributed by atoms with Gasteiger partial charge in [0.25, 0.3) is 0 Å². The van der Waals surface area contributed by atoms with Crippen molar-refractivity contribution >= 4 is 0 Å². The fourth-order valence-electron chi connectivity index (χ4n) is 2.53. The number of rotatable bonds is 9. The first-order valence-electron chi connectivity index (χ1n) is 8.64. The molecule has 3 aromatic rings. The van der Waals surface area contributed by atoms with E-state index in [1.165, 1.54) is 12.1 Å². The molecule has 0 spiro atoms. The van der Waals surface area contributed by atoms with Gasteiger partial charge in [0, 0.05) is 13.1 Å². The summed E-state index contributed by atoms with van der Waals surface area (Å²) < 4.78 is 24.3. The largest absolute Gasteiger partial charge is 0.490 e. The van der Waals surface area contributed by atoms with Gasteiger partial charge in [0.1, 0.15) is 30.5 Å². The Bertz CT molecular complexity index is 791. The third-order valence-corrected chi connectivity index (χ3v) is 3.83.